The summed E-state index contributed by atoms with van der Waals surface area (Å²) in [7, 11) is 0. The van der Waals surface area contributed by atoms with Crippen LogP contribution in [0.4, 0.5) is 13.2 Å². The number of carbonyl (C=O) groups excluding carboxylic acids is 1. The first-order valence-corrected chi connectivity index (χ1v) is 3.51. The molecular formula is C8H7F3O2. The maximum Gasteiger partial charge on any atom is 0.455 e. The molecule has 1 aromatic heterocycles. The van der Waals surface area contributed by atoms with Crippen molar-refractivity contribution in [3.8, 4) is 0 Å². The molecule has 0 radical (unpaired) electrons. The van der Waals surface area contributed by atoms with Crippen molar-refractivity contribution in [3.63, 3.8) is 0 Å². The molecule has 0 atom stereocenters. The Morgan fingerprint density at radius 2 is 1.92 bits per heavy atom. The second-order valence-electron chi connectivity index (χ2n) is 2.65. The van der Waals surface area contributed by atoms with Gasteiger partial charge in [-0.25, -0.2) is 0 Å². The van der Waals surface area contributed by atoms with Crippen LogP contribution in [-0.4, -0.2) is 12.0 Å². The predicted molar refractivity (Wildman–Crippen MR) is 38.6 cm³/mol. The summed E-state index contributed by atoms with van der Waals surface area (Å²) in [6.45, 7) is 2.81. The van der Waals surface area contributed by atoms with Gasteiger partial charge in [-0.2, -0.15) is 13.2 Å². The molecule has 72 valence electrons. The number of ketones is 1. The highest BCUT2D eigenvalue weighted by Crippen LogP contribution is 2.25. The lowest BCUT2D eigenvalue weighted by molar-refractivity contribution is -0.0886. The predicted octanol–water partition coefficient (Wildman–Crippen LogP) is 2.64. The third-order valence-corrected chi connectivity index (χ3v) is 1.54. The summed E-state index contributed by atoms with van der Waals surface area (Å²) in [5.41, 5.74) is -0.412. The molecule has 0 saturated carbocycles. The molecule has 0 fully saturated rings. The fourth-order valence-electron chi connectivity index (χ4n) is 1.01. The van der Waals surface area contributed by atoms with E-state index in [-0.39, 0.29) is 5.76 Å². The van der Waals surface area contributed by atoms with Crippen molar-refractivity contribution in [2.24, 2.45) is 0 Å². The molecule has 0 amide bonds. The van der Waals surface area contributed by atoms with Crippen molar-refractivity contribution in [2.75, 3.05) is 0 Å². The van der Waals surface area contributed by atoms with E-state index in [0.29, 0.717) is 5.76 Å². The molecule has 0 bridgehead atoms. The van der Waals surface area contributed by atoms with Crippen LogP contribution in [0.2, 0.25) is 0 Å². The van der Waals surface area contributed by atoms with Gasteiger partial charge in [-0.15, -0.1) is 0 Å². The highest BCUT2D eigenvalue weighted by atomic mass is 19.4. The van der Waals surface area contributed by atoms with Crippen LogP contribution in [0.3, 0.4) is 0 Å². The van der Waals surface area contributed by atoms with E-state index >= 15 is 0 Å². The number of hydrogen-bond acceptors (Lipinski definition) is 2. The topological polar surface area (TPSA) is 30.2 Å². The first kappa shape index (κ1) is 9.83. The van der Waals surface area contributed by atoms with Gasteiger partial charge >= 0.3 is 6.18 Å². The lowest BCUT2D eigenvalue weighted by atomic mass is 10.1. The third-order valence-electron chi connectivity index (χ3n) is 1.54. The van der Waals surface area contributed by atoms with Crippen LogP contribution in [0.1, 0.15) is 21.9 Å². The molecule has 0 spiro atoms. The number of rotatable bonds is 1. The van der Waals surface area contributed by atoms with Crippen LogP contribution < -0.4 is 0 Å². The Labute approximate surface area is 72.3 Å². The van der Waals surface area contributed by atoms with Crippen LogP contribution in [0.5, 0.6) is 0 Å². The Balaban J connectivity index is 3.09. The normalized spacial score (nSPS) is 11.8. The molecule has 0 saturated heterocycles. The van der Waals surface area contributed by atoms with Gasteiger partial charge in [-0.3, -0.25) is 4.79 Å². The van der Waals surface area contributed by atoms with E-state index in [2.05, 4.69) is 0 Å². The summed E-state index contributed by atoms with van der Waals surface area (Å²) in [4.78, 5) is 10.7. The Morgan fingerprint density at radius 3 is 2.23 bits per heavy atom. The van der Waals surface area contributed by atoms with Gasteiger partial charge in [0.05, 0.1) is 5.56 Å². The average Bonchev–Trinajstić information content (AvgIpc) is 2.26. The summed E-state index contributed by atoms with van der Waals surface area (Å²) in [6.07, 6.45) is -4.83. The Morgan fingerprint density at radius 1 is 1.38 bits per heavy atom. The largest absolute Gasteiger partial charge is 0.466 e. The first-order valence-electron chi connectivity index (χ1n) is 3.51. The molecule has 5 heteroatoms. The van der Waals surface area contributed by atoms with E-state index < -0.39 is 17.5 Å². The number of alkyl halides is 3. The number of Topliss-reactive ketones (excluding diaryl/α,β-unsaturated/α-hetero) is 1. The van der Waals surface area contributed by atoms with Crippen LogP contribution in [0.15, 0.2) is 10.5 Å². The highest BCUT2D eigenvalue weighted by molar-refractivity contribution is 6.01. The van der Waals surface area contributed by atoms with Crippen LogP contribution >= 0.6 is 0 Å². The molecular weight excluding hydrogens is 185 g/mol. The quantitative estimate of drug-likeness (QED) is 0.640. The van der Waals surface area contributed by atoms with Crippen molar-refractivity contribution in [2.45, 2.75) is 20.0 Å². The van der Waals surface area contributed by atoms with E-state index in [9.17, 15) is 18.0 Å². The number of carbonyl (C=O) groups is 1. The lowest BCUT2D eigenvalue weighted by Crippen LogP contribution is -2.22. The van der Waals surface area contributed by atoms with Gasteiger partial charge in [0, 0.05) is 0 Å². The van der Waals surface area contributed by atoms with Crippen molar-refractivity contribution in [1.29, 1.82) is 0 Å². The van der Waals surface area contributed by atoms with Gasteiger partial charge in [-0.05, 0) is 19.9 Å². The van der Waals surface area contributed by atoms with Gasteiger partial charge in [0.15, 0.2) is 0 Å². The van der Waals surface area contributed by atoms with Crippen LogP contribution in [0.25, 0.3) is 0 Å². The van der Waals surface area contributed by atoms with Gasteiger partial charge in [0.1, 0.15) is 11.5 Å². The first-order chi connectivity index (χ1) is 5.82. The second-order valence-corrected chi connectivity index (χ2v) is 2.65. The van der Waals surface area contributed by atoms with Gasteiger partial charge in [0.2, 0.25) is 0 Å². The molecule has 1 rings (SSSR count). The minimum absolute atomic E-state index is 0.000162. The zero-order valence-corrected chi connectivity index (χ0v) is 7.03. The summed E-state index contributed by atoms with van der Waals surface area (Å²) in [5.74, 6) is -1.56. The summed E-state index contributed by atoms with van der Waals surface area (Å²) in [6, 6.07) is 1.09. The maximum atomic E-state index is 11.9. The molecule has 0 aliphatic rings. The minimum Gasteiger partial charge on any atom is -0.466 e. The summed E-state index contributed by atoms with van der Waals surface area (Å²) < 4.78 is 40.6. The monoisotopic (exact) mass is 192 g/mol. The fraction of sp³-hybridized carbons (Fsp3) is 0.375. The molecule has 0 aliphatic heterocycles. The molecule has 0 unspecified atom stereocenters. The number of aryl methyl sites for hydroxylation is 2. The molecule has 1 heterocycles. The molecule has 0 N–H and O–H groups in total. The van der Waals surface area contributed by atoms with Crippen molar-refractivity contribution < 1.29 is 22.4 Å². The fourth-order valence-corrected chi connectivity index (χ4v) is 1.01. The van der Waals surface area contributed by atoms with Crippen LogP contribution in [0, 0.1) is 13.8 Å². The van der Waals surface area contributed by atoms with E-state index in [0.717, 1.165) is 6.07 Å². The Kier molecular flexibility index (Phi) is 2.19. The second kappa shape index (κ2) is 2.90. The number of furan rings is 1. The highest BCUT2D eigenvalue weighted by Gasteiger charge is 2.40. The van der Waals surface area contributed by atoms with E-state index in [1.807, 2.05) is 0 Å². The van der Waals surface area contributed by atoms with E-state index in [4.69, 9.17) is 4.42 Å². The zero-order chi connectivity index (χ0) is 10.2. The van der Waals surface area contributed by atoms with E-state index in [1.54, 1.807) is 0 Å². The maximum absolute atomic E-state index is 11.9. The zero-order valence-electron chi connectivity index (χ0n) is 7.03. The van der Waals surface area contributed by atoms with Crippen LogP contribution in [-0.2, 0) is 0 Å². The van der Waals surface area contributed by atoms with Crippen molar-refractivity contribution in [1.82, 2.24) is 0 Å². The standard InChI is InChI=1S/C8H7F3O2/c1-4-3-6(5(2)13-4)7(12)8(9,10)11/h3H,1-2H3. The molecule has 1 aromatic rings. The third kappa shape index (κ3) is 1.91. The summed E-state index contributed by atoms with van der Waals surface area (Å²) in [5, 5.41) is 0. The Bertz CT molecular complexity index is 336. The molecule has 2 nitrogen and oxygen atoms in total. The number of hydrogen-bond donors (Lipinski definition) is 0. The average molecular weight is 192 g/mol. The van der Waals surface area contributed by atoms with Gasteiger partial charge < -0.3 is 4.42 Å². The van der Waals surface area contributed by atoms with Crippen molar-refractivity contribution in [3.05, 3.63) is 23.2 Å². The summed E-state index contributed by atoms with van der Waals surface area (Å²) >= 11 is 0. The Hall–Kier alpha value is -1.26. The lowest BCUT2D eigenvalue weighted by Gasteiger charge is -2.02. The van der Waals surface area contributed by atoms with E-state index in [1.165, 1.54) is 13.8 Å². The smallest absolute Gasteiger partial charge is 0.455 e. The van der Waals surface area contributed by atoms with Crippen molar-refractivity contribution >= 4 is 5.78 Å². The minimum atomic E-state index is -4.83. The number of halogens is 3. The molecule has 13 heavy (non-hydrogen) atoms. The SMILES string of the molecule is Cc1cc(C(=O)C(F)(F)F)c(C)o1. The van der Waals surface area contributed by atoms with Gasteiger partial charge in [-0.1, -0.05) is 0 Å². The molecule has 0 aliphatic carbocycles. The van der Waals surface area contributed by atoms with Gasteiger partial charge in [0.25, 0.3) is 5.78 Å². The molecule has 0 aromatic carbocycles.